The summed E-state index contributed by atoms with van der Waals surface area (Å²) in [6, 6.07) is 3.19. The van der Waals surface area contributed by atoms with E-state index in [0.717, 1.165) is 24.0 Å². The molecule has 3 fully saturated rings. The molecule has 1 aromatic rings. The first kappa shape index (κ1) is 17.2. The Bertz CT molecular complexity index is 928. The third kappa shape index (κ3) is 1.74. The molecule has 28 heavy (non-hydrogen) atoms. The Morgan fingerprint density at radius 2 is 2.00 bits per heavy atom. The van der Waals surface area contributed by atoms with Gasteiger partial charge >= 0.3 is 0 Å². The molecular formula is C21H26NO6+. The number of Topliss-reactive ketones (excluding diaryl/α,β-unsaturated/α-hetero) is 1. The van der Waals surface area contributed by atoms with Gasteiger partial charge in [0.15, 0.2) is 17.6 Å². The van der Waals surface area contributed by atoms with E-state index in [1.165, 1.54) is 0 Å². The third-order valence-corrected chi connectivity index (χ3v) is 8.43. The average molecular weight is 388 g/mol. The Morgan fingerprint density at radius 1 is 1.25 bits per heavy atom. The lowest BCUT2D eigenvalue weighted by Gasteiger charge is -2.65. The fourth-order valence-corrected chi connectivity index (χ4v) is 7.01. The predicted octanol–water partition coefficient (Wildman–Crippen LogP) is -0.244. The highest BCUT2D eigenvalue weighted by Crippen LogP contribution is 2.66. The number of nitrogens with zero attached hydrogens (tertiary/aromatic N) is 1. The molecule has 2 aliphatic heterocycles. The van der Waals surface area contributed by atoms with E-state index in [1.807, 2.05) is 6.07 Å². The first-order chi connectivity index (χ1) is 13.1. The van der Waals surface area contributed by atoms with Crippen LogP contribution in [0.2, 0.25) is 0 Å². The van der Waals surface area contributed by atoms with Crippen molar-refractivity contribution in [2.45, 2.75) is 67.0 Å². The smallest absolute Gasteiger partial charge is 0.202 e. The second-order valence-electron chi connectivity index (χ2n) is 10.0. The van der Waals surface area contributed by atoms with E-state index >= 15 is 0 Å². The molecule has 0 amide bonds. The number of carbonyl (C=O) groups excluding carboxylic acids is 1. The van der Waals surface area contributed by atoms with Gasteiger partial charge in [0, 0.05) is 24.8 Å². The van der Waals surface area contributed by atoms with Gasteiger partial charge in [-0.15, -0.1) is 0 Å². The second kappa shape index (κ2) is 4.73. The number of hydrogen-bond acceptors (Lipinski definition) is 6. The minimum Gasteiger partial charge on any atom is -0.504 e. The van der Waals surface area contributed by atoms with E-state index in [4.69, 9.17) is 4.74 Å². The Hall–Kier alpha value is -1.67. The number of benzene rings is 1. The normalized spacial score (nSPS) is 46.7. The maximum atomic E-state index is 12.9. The van der Waals surface area contributed by atoms with Crippen molar-refractivity contribution in [1.29, 1.82) is 0 Å². The number of phenols is 1. The number of phenolic OH excluding ortho intramolecular Hbond substituents is 1. The van der Waals surface area contributed by atoms with Gasteiger partial charge in [-0.1, -0.05) is 6.07 Å². The quantitative estimate of drug-likeness (QED) is 0.521. The number of carbonyl (C=O) groups is 1. The number of hydrogen-bond donors (Lipinski definition) is 4. The number of ether oxygens (including phenoxy) is 1. The lowest BCUT2D eigenvalue weighted by atomic mass is 9.48. The van der Waals surface area contributed by atoms with Gasteiger partial charge < -0.3 is 29.6 Å². The number of aliphatic hydroxyl groups excluding tert-OH is 1. The fraction of sp³-hybridized carbons (Fsp3) is 0.667. The molecular weight excluding hydrogens is 362 g/mol. The number of likely N-dealkylation sites (N-methyl/N-ethyl adjacent to an activating group) is 1. The minimum absolute atomic E-state index is 0.0271. The van der Waals surface area contributed by atoms with Crippen molar-refractivity contribution in [2.75, 3.05) is 20.1 Å². The second-order valence-corrected chi connectivity index (χ2v) is 10.0. The summed E-state index contributed by atoms with van der Waals surface area (Å²) in [5, 5.41) is 43.7. The summed E-state index contributed by atoms with van der Waals surface area (Å²) in [6.07, 6.45) is 0.320. The molecule has 2 saturated carbocycles. The third-order valence-electron chi connectivity index (χ3n) is 8.43. The standard InChI is InChI=1S/C21H25NO6/c1-22(10-19(26)4-5-19)7-6-20-15-11-2-3-12(23)17(15)28-18(20)16(25)13(24)9-21(20,27)14(22)8-11/h2-3,13-14,18,24,26-27H,4-10H2,1H3/p+1/t13?,14-,18+,20+,21-,22-/m1/s1. The van der Waals surface area contributed by atoms with Crippen LogP contribution in [-0.4, -0.2) is 80.3 Å². The molecule has 1 unspecified atom stereocenters. The summed E-state index contributed by atoms with van der Waals surface area (Å²) in [6.45, 7) is 1.26. The summed E-state index contributed by atoms with van der Waals surface area (Å²) in [5.41, 5.74) is -1.21. The van der Waals surface area contributed by atoms with E-state index in [9.17, 15) is 25.2 Å². The van der Waals surface area contributed by atoms with Crippen molar-refractivity contribution >= 4 is 5.78 Å². The molecule has 150 valence electrons. The molecule has 1 saturated heterocycles. The molecule has 3 aliphatic carbocycles. The maximum absolute atomic E-state index is 12.9. The van der Waals surface area contributed by atoms with Crippen molar-refractivity contribution in [3.8, 4) is 11.5 Å². The van der Waals surface area contributed by atoms with Gasteiger partial charge in [0.05, 0.1) is 19.0 Å². The summed E-state index contributed by atoms with van der Waals surface area (Å²) >= 11 is 0. The zero-order valence-corrected chi connectivity index (χ0v) is 15.9. The van der Waals surface area contributed by atoms with Crippen molar-refractivity contribution in [1.82, 2.24) is 0 Å². The lowest BCUT2D eigenvalue weighted by Crippen LogP contribution is -2.82. The summed E-state index contributed by atoms with van der Waals surface area (Å²) in [7, 11) is 2.08. The van der Waals surface area contributed by atoms with Gasteiger partial charge in [-0.3, -0.25) is 4.79 Å². The molecule has 5 aliphatic rings. The zero-order chi connectivity index (χ0) is 19.7. The van der Waals surface area contributed by atoms with Gasteiger partial charge in [-0.2, -0.15) is 0 Å². The molecule has 2 bridgehead atoms. The highest BCUT2D eigenvalue weighted by Gasteiger charge is 2.78. The number of ketones is 1. The predicted molar refractivity (Wildman–Crippen MR) is 97.0 cm³/mol. The molecule has 6 atom stereocenters. The van der Waals surface area contributed by atoms with Crippen LogP contribution >= 0.6 is 0 Å². The number of aromatic hydroxyl groups is 1. The maximum Gasteiger partial charge on any atom is 0.202 e. The molecule has 7 nitrogen and oxygen atoms in total. The number of aliphatic hydroxyl groups is 3. The van der Waals surface area contributed by atoms with E-state index < -0.39 is 34.6 Å². The number of rotatable bonds is 2. The number of piperidine rings is 1. The molecule has 7 heteroatoms. The van der Waals surface area contributed by atoms with Gasteiger partial charge in [-0.25, -0.2) is 0 Å². The van der Waals surface area contributed by atoms with Crippen molar-refractivity contribution in [2.24, 2.45) is 0 Å². The number of likely N-dealkylation sites (tertiary alicyclic amines) is 1. The zero-order valence-electron chi connectivity index (χ0n) is 15.9. The van der Waals surface area contributed by atoms with E-state index in [-0.39, 0.29) is 18.2 Å². The van der Waals surface area contributed by atoms with Gasteiger partial charge in [-0.05, 0) is 24.5 Å². The summed E-state index contributed by atoms with van der Waals surface area (Å²) < 4.78 is 6.47. The Balaban J connectivity index is 1.59. The largest absolute Gasteiger partial charge is 0.504 e. The molecule has 0 aromatic heterocycles. The molecule has 1 aromatic carbocycles. The van der Waals surface area contributed by atoms with Crippen LogP contribution in [0.15, 0.2) is 12.1 Å². The van der Waals surface area contributed by atoms with Crippen LogP contribution in [0.3, 0.4) is 0 Å². The molecule has 0 radical (unpaired) electrons. The van der Waals surface area contributed by atoms with Crippen molar-refractivity contribution < 1.29 is 34.4 Å². The molecule has 1 spiro atoms. The van der Waals surface area contributed by atoms with Crippen LogP contribution in [0.25, 0.3) is 0 Å². The van der Waals surface area contributed by atoms with E-state index in [1.54, 1.807) is 6.07 Å². The van der Waals surface area contributed by atoms with Crippen molar-refractivity contribution in [3.63, 3.8) is 0 Å². The average Bonchev–Trinajstić information content (AvgIpc) is 3.22. The molecule has 6 rings (SSSR count). The first-order valence-corrected chi connectivity index (χ1v) is 10.2. The Morgan fingerprint density at radius 3 is 2.71 bits per heavy atom. The number of quaternary nitrogens is 1. The van der Waals surface area contributed by atoms with Gasteiger partial charge in [0.1, 0.15) is 29.9 Å². The monoisotopic (exact) mass is 388 g/mol. The van der Waals surface area contributed by atoms with E-state index in [0.29, 0.717) is 36.2 Å². The van der Waals surface area contributed by atoms with Crippen LogP contribution in [0.5, 0.6) is 11.5 Å². The van der Waals surface area contributed by atoms with Crippen LogP contribution < -0.4 is 4.74 Å². The summed E-state index contributed by atoms with van der Waals surface area (Å²) in [5.74, 6) is -0.150. The topological polar surface area (TPSA) is 107 Å². The summed E-state index contributed by atoms with van der Waals surface area (Å²) in [4.78, 5) is 12.9. The van der Waals surface area contributed by atoms with Crippen LogP contribution in [-0.2, 0) is 16.6 Å². The minimum atomic E-state index is -1.34. The van der Waals surface area contributed by atoms with Crippen LogP contribution in [0, 0.1) is 0 Å². The van der Waals surface area contributed by atoms with Crippen LogP contribution in [0.4, 0.5) is 0 Å². The Kier molecular flexibility index (Phi) is 2.90. The Labute approximate surface area is 162 Å². The molecule has 2 heterocycles. The highest BCUT2D eigenvalue weighted by atomic mass is 16.5. The highest BCUT2D eigenvalue weighted by molar-refractivity contribution is 5.93. The van der Waals surface area contributed by atoms with Crippen LogP contribution in [0.1, 0.15) is 36.8 Å². The molecule has 4 N–H and O–H groups in total. The lowest BCUT2D eigenvalue weighted by molar-refractivity contribution is -0.952. The fourth-order valence-electron chi connectivity index (χ4n) is 7.01. The SMILES string of the molecule is C[N@+]1(CC2(O)CC2)CC[C@]23c4c5ccc(O)c4O[C@H]2C(=O)C(O)C[C@@]3(O)[C@H]1C5. The van der Waals surface area contributed by atoms with Gasteiger partial charge in [0.2, 0.25) is 5.78 Å². The van der Waals surface area contributed by atoms with E-state index in [2.05, 4.69) is 7.05 Å². The first-order valence-electron chi connectivity index (χ1n) is 10.2. The van der Waals surface area contributed by atoms with Gasteiger partial charge in [0.25, 0.3) is 0 Å². The van der Waals surface area contributed by atoms with Crippen molar-refractivity contribution in [3.05, 3.63) is 23.3 Å².